The Balaban J connectivity index is 2.93. The smallest absolute Gasteiger partial charge is 0.240 e. The van der Waals surface area contributed by atoms with Crippen LogP contribution in [-0.4, -0.2) is 21.0 Å². The van der Waals surface area contributed by atoms with E-state index in [1.165, 1.54) is 0 Å². The van der Waals surface area contributed by atoms with Crippen molar-refractivity contribution in [1.29, 1.82) is 0 Å². The van der Waals surface area contributed by atoms with Crippen molar-refractivity contribution in [2.75, 3.05) is 6.54 Å². The van der Waals surface area contributed by atoms with Crippen LogP contribution in [0.3, 0.4) is 0 Å². The van der Waals surface area contributed by atoms with E-state index < -0.39 is 10.0 Å². The third kappa shape index (κ3) is 4.30. The van der Waals surface area contributed by atoms with Gasteiger partial charge in [-0.1, -0.05) is 39.8 Å². The number of benzene rings is 1. The highest BCUT2D eigenvalue weighted by Crippen LogP contribution is 2.20. The molecule has 0 amide bonds. The molecule has 0 spiro atoms. The molecule has 0 saturated heterocycles. The van der Waals surface area contributed by atoms with Crippen LogP contribution in [-0.2, 0) is 10.0 Å². The van der Waals surface area contributed by atoms with Gasteiger partial charge in [-0.05, 0) is 36.0 Å². The van der Waals surface area contributed by atoms with E-state index in [2.05, 4.69) is 18.6 Å². The third-order valence-electron chi connectivity index (χ3n) is 3.74. The largest absolute Gasteiger partial charge is 0.329 e. The molecule has 0 aliphatic rings. The Morgan fingerprint density at radius 2 is 1.70 bits per heavy atom. The summed E-state index contributed by atoms with van der Waals surface area (Å²) in [5.41, 5.74) is 6.77. The molecule has 1 aromatic carbocycles. The van der Waals surface area contributed by atoms with Crippen LogP contribution in [0.15, 0.2) is 29.2 Å². The lowest BCUT2D eigenvalue weighted by atomic mass is 9.99. The summed E-state index contributed by atoms with van der Waals surface area (Å²) in [6.07, 6.45) is 1.03. The fraction of sp³-hybridized carbons (Fsp3) is 0.600. The van der Waals surface area contributed by atoms with Crippen molar-refractivity contribution in [3.05, 3.63) is 29.8 Å². The molecule has 3 N–H and O–H groups in total. The molecule has 1 rings (SSSR count). The highest BCUT2D eigenvalue weighted by Gasteiger charge is 2.21. The van der Waals surface area contributed by atoms with Crippen LogP contribution in [0.4, 0.5) is 0 Å². The van der Waals surface area contributed by atoms with Gasteiger partial charge in [-0.25, -0.2) is 13.1 Å². The minimum absolute atomic E-state index is 0.161. The van der Waals surface area contributed by atoms with Crippen molar-refractivity contribution >= 4 is 10.0 Å². The van der Waals surface area contributed by atoms with Gasteiger partial charge >= 0.3 is 0 Å². The first-order valence-electron chi connectivity index (χ1n) is 7.14. The lowest BCUT2D eigenvalue weighted by Gasteiger charge is -2.20. The number of hydrogen-bond acceptors (Lipinski definition) is 3. The molecule has 0 fully saturated rings. The lowest BCUT2D eigenvalue weighted by Crippen LogP contribution is -2.43. The summed E-state index contributed by atoms with van der Waals surface area (Å²) in [7, 11) is -3.50. The van der Waals surface area contributed by atoms with Crippen LogP contribution in [0.5, 0.6) is 0 Å². The van der Waals surface area contributed by atoms with Crippen molar-refractivity contribution in [3.63, 3.8) is 0 Å². The molecular formula is C15H26N2O2S. The Bertz CT molecular complexity index is 509. The number of nitrogens with two attached hydrogens (primary N) is 1. The average molecular weight is 298 g/mol. The van der Waals surface area contributed by atoms with Crippen molar-refractivity contribution in [3.8, 4) is 0 Å². The van der Waals surface area contributed by atoms with E-state index in [9.17, 15) is 8.42 Å². The van der Waals surface area contributed by atoms with Gasteiger partial charge in [0.1, 0.15) is 0 Å². The van der Waals surface area contributed by atoms with Crippen LogP contribution < -0.4 is 10.5 Å². The predicted octanol–water partition coefficient (Wildman–Crippen LogP) is 2.46. The summed E-state index contributed by atoms with van der Waals surface area (Å²) in [6.45, 7) is 8.44. The van der Waals surface area contributed by atoms with Gasteiger partial charge in [-0.2, -0.15) is 0 Å². The molecular weight excluding hydrogens is 272 g/mol. The second kappa shape index (κ2) is 7.20. The van der Waals surface area contributed by atoms with E-state index in [0.29, 0.717) is 17.4 Å². The van der Waals surface area contributed by atoms with Crippen LogP contribution in [0.1, 0.15) is 45.6 Å². The van der Waals surface area contributed by atoms with E-state index in [4.69, 9.17) is 5.73 Å². The standard InChI is InChI=1S/C15H26N2O2S/c1-5-12(4)13-6-8-14(9-7-13)20(18,19)17-15(10-16)11(2)3/h6-9,11-12,15,17H,5,10,16H2,1-4H3. The van der Waals surface area contributed by atoms with E-state index in [0.717, 1.165) is 12.0 Å². The molecule has 4 nitrogen and oxygen atoms in total. The zero-order valence-corrected chi connectivity index (χ0v) is 13.6. The van der Waals surface area contributed by atoms with Crippen LogP contribution in [0, 0.1) is 5.92 Å². The highest BCUT2D eigenvalue weighted by molar-refractivity contribution is 7.89. The van der Waals surface area contributed by atoms with Crippen molar-refractivity contribution < 1.29 is 8.42 Å². The highest BCUT2D eigenvalue weighted by atomic mass is 32.2. The number of nitrogens with one attached hydrogen (secondary N) is 1. The van der Waals surface area contributed by atoms with Gasteiger partial charge in [0.15, 0.2) is 0 Å². The summed E-state index contributed by atoms with van der Waals surface area (Å²) in [5.74, 6) is 0.598. The lowest BCUT2D eigenvalue weighted by molar-refractivity contribution is 0.455. The molecule has 0 bridgehead atoms. The van der Waals surface area contributed by atoms with Gasteiger partial charge in [-0.15, -0.1) is 0 Å². The topological polar surface area (TPSA) is 72.2 Å². The summed E-state index contributed by atoms with van der Waals surface area (Å²) in [4.78, 5) is 0.295. The Hall–Kier alpha value is -0.910. The molecule has 1 aromatic rings. The quantitative estimate of drug-likeness (QED) is 0.812. The number of hydrogen-bond donors (Lipinski definition) is 2. The van der Waals surface area contributed by atoms with Gasteiger partial charge in [0.05, 0.1) is 4.90 Å². The summed E-state index contributed by atoms with van der Waals surface area (Å²) in [5, 5.41) is 0. The summed E-state index contributed by atoms with van der Waals surface area (Å²) >= 11 is 0. The van der Waals surface area contributed by atoms with E-state index in [-0.39, 0.29) is 12.0 Å². The predicted molar refractivity (Wildman–Crippen MR) is 83.1 cm³/mol. The fourth-order valence-corrected chi connectivity index (χ4v) is 3.33. The second-order valence-electron chi connectivity index (χ2n) is 5.59. The first kappa shape index (κ1) is 17.1. The normalized spacial score (nSPS) is 15.3. The van der Waals surface area contributed by atoms with Crippen LogP contribution in [0.25, 0.3) is 0 Å². The fourth-order valence-electron chi connectivity index (χ4n) is 1.93. The van der Waals surface area contributed by atoms with Gasteiger partial charge in [0.25, 0.3) is 0 Å². The Morgan fingerprint density at radius 1 is 1.15 bits per heavy atom. The van der Waals surface area contributed by atoms with Crippen molar-refractivity contribution in [1.82, 2.24) is 4.72 Å². The Kier molecular flexibility index (Phi) is 6.17. The molecule has 2 unspecified atom stereocenters. The first-order valence-corrected chi connectivity index (χ1v) is 8.62. The molecule has 0 saturated carbocycles. The molecule has 0 aliphatic carbocycles. The molecule has 5 heteroatoms. The molecule has 0 aliphatic heterocycles. The zero-order valence-electron chi connectivity index (χ0n) is 12.8. The van der Waals surface area contributed by atoms with Gasteiger partial charge < -0.3 is 5.73 Å². The Labute approximate surface area is 122 Å². The molecule has 0 aromatic heterocycles. The molecule has 0 radical (unpaired) electrons. The van der Waals surface area contributed by atoms with Gasteiger partial charge in [0, 0.05) is 12.6 Å². The van der Waals surface area contributed by atoms with E-state index in [1.54, 1.807) is 12.1 Å². The van der Waals surface area contributed by atoms with E-state index in [1.807, 2.05) is 26.0 Å². The average Bonchev–Trinajstić information content (AvgIpc) is 2.43. The Morgan fingerprint density at radius 3 is 2.10 bits per heavy atom. The summed E-state index contributed by atoms with van der Waals surface area (Å²) in [6, 6.07) is 6.86. The second-order valence-corrected chi connectivity index (χ2v) is 7.30. The van der Waals surface area contributed by atoms with Gasteiger partial charge in [-0.3, -0.25) is 0 Å². The van der Waals surface area contributed by atoms with Crippen molar-refractivity contribution in [2.45, 2.75) is 51.0 Å². The zero-order chi connectivity index (χ0) is 15.3. The third-order valence-corrected chi connectivity index (χ3v) is 5.24. The van der Waals surface area contributed by atoms with Crippen LogP contribution in [0.2, 0.25) is 0 Å². The first-order chi connectivity index (χ1) is 9.31. The maximum Gasteiger partial charge on any atom is 0.240 e. The maximum atomic E-state index is 12.3. The van der Waals surface area contributed by atoms with Gasteiger partial charge in [0.2, 0.25) is 10.0 Å². The molecule has 2 atom stereocenters. The number of rotatable bonds is 7. The molecule has 0 heterocycles. The number of sulfonamides is 1. The van der Waals surface area contributed by atoms with Crippen LogP contribution >= 0.6 is 0 Å². The minimum atomic E-state index is -3.50. The maximum absolute atomic E-state index is 12.3. The summed E-state index contributed by atoms with van der Waals surface area (Å²) < 4.78 is 27.2. The monoisotopic (exact) mass is 298 g/mol. The SMILES string of the molecule is CCC(C)c1ccc(S(=O)(=O)NC(CN)C(C)C)cc1. The van der Waals surface area contributed by atoms with E-state index >= 15 is 0 Å². The molecule has 114 valence electrons. The molecule has 20 heavy (non-hydrogen) atoms. The minimum Gasteiger partial charge on any atom is -0.329 e. The van der Waals surface area contributed by atoms with Crippen molar-refractivity contribution in [2.24, 2.45) is 11.7 Å².